The van der Waals surface area contributed by atoms with Gasteiger partial charge in [0.25, 0.3) is 11.6 Å². The number of nitro groups is 1. The Kier molecular flexibility index (Phi) is 4.80. The predicted molar refractivity (Wildman–Crippen MR) is 136 cm³/mol. The Bertz CT molecular complexity index is 1670. The second-order valence-corrected chi connectivity index (χ2v) is 9.49. The first-order valence-corrected chi connectivity index (χ1v) is 11.7. The van der Waals surface area contributed by atoms with Crippen LogP contribution in [-0.2, 0) is 10.3 Å². The second kappa shape index (κ2) is 7.85. The number of hydrogen-bond acceptors (Lipinski definition) is 6. The average Bonchev–Trinajstić information content (AvgIpc) is 3.56. The number of nitrogens with one attached hydrogen (secondary N) is 2. The van der Waals surface area contributed by atoms with Crippen LogP contribution < -0.4 is 5.32 Å². The topological polar surface area (TPSA) is 132 Å². The van der Waals surface area contributed by atoms with Crippen molar-refractivity contribution in [2.45, 2.75) is 11.5 Å². The molecule has 1 aromatic heterocycles. The molecule has 9 nitrogen and oxygen atoms in total. The molecule has 3 aromatic carbocycles. The summed E-state index contributed by atoms with van der Waals surface area (Å²) in [5.74, 6) is -1.82. The van der Waals surface area contributed by atoms with Gasteiger partial charge in [0.1, 0.15) is 0 Å². The first kappa shape index (κ1) is 22.6. The van der Waals surface area contributed by atoms with Gasteiger partial charge >= 0.3 is 0 Å². The summed E-state index contributed by atoms with van der Waals surface area (Å²) < 4.78 is 0. The van der Waals surface area contributed by atoms with Crippen molar-refractivity contribution in [3.63, 3.8) is 0 Å². The molecule has 0 radical (unpaired) electrons. The van der Waals surface area contributed by atoms with Crippen molar-refractivity contribution in [2.24, 2.45) is 5.41 Å². The van der Waals surface area contributed by atoms with Gasteiger partial charge in [0, 0.05) is 58.5 Å². The largest absolute Gasteiger partial charge is 0.360 e. The van der Waals surface area contributed by atoms with Gasteiger partial charge in [0.2, 0.25) is 0 Å². The van der Waals surface area contributed by atoms with Gasteiger partial charge in [-0.3, -0.25) is 24.6 Å². The van der Waals surface area contributed by atoms with Crippen LogP contribution in [0.2, 0.25) is 0 Å². The number of aromatic amines is 1. The summed E-state index contributed by atoms with van der Waals surface area (Å²) in [4.78, 5) is 44.6. The molecular weight excluding hydrogens is 470 g/mol. The van der Waals surface area contributed by atoms with E-state index in [1.165, 1.54) is 12.1 Å². The maximum absolute atomic E-state index is 14.8. The first-order chi connectivity index (χ1) is 17.9. The van der Waals surface area contributed by atoms with Crippen LogP contribution in [0, 0.1) is 26.9 Å². The third kappa shape index (κ3) is 2.76. The molecule has 2 aliphatic rings. The van der Waals surface area contributed by atoms with E-state index in [0.717, 1.165) is 5.52 Å². The normalized spacial score (nSPS) is 24.6. The fourth-order valence-corrected chi connectivity index (χ4v) is 6.33. The molecule has 2 N–H and O–H groups in total. The molecule has 1 unspecified atom stereocenters. The molecule has 0 bridgehead atoms. The lowest BCUT2D eigenvalue weighted by molar-refractivity contribution is -0.384. The highest BCUT2D eigenvalue weighted by Crippen LogP contribution is 2.63. The summed E-state index contributed by atoms with van der Waals surface area (Å²) in [5.41, 5.74) is -1.20. The van der Waals surface area contributed by atoms with E-state index >= 15 is 0 Å². The summed E-state index contributed by atoms with van der Waals surface area (Å²) in [7, 11) is 1.72. The maximum atomic E-state index is 14.8. The van der Waals surface area contributed by atoms with Gasteiger partial charge in [-0.25, -0.2) is 0 Å². The van der Waals surface area contributed by atoms with E-state index < -0.39 is 33.5 Å². The molecule has 0 saturated carbocycles. The highest BCUT2D eigenvalue weighted by Gasteiger charge is 2.74. The van der Waals surface area contributed by atoms with E-state index in [4.69, 9.17) is 0 Å². The molecule has 182 valence electrons. The molecule has 1 saturated heterocycles. The number of rotatable bonds is 4. The molecule has 9 heteroatoms. The lowest BCUT2D eigenvalue weighted by atomic mass is 9.58. The lowest BCUT2D eigenvalue weighted by Crippen LogP contribution is -2.58. The minimum Gasteiger partial charge on any atom is -0.360 e. The number of H-pyrrole nitrogens is 1. The Morgan fingerprint density at radius 3 is 2.68 bits per heavy atom. The van der Waals surface area contributed by atoms with Gasteiger partial charge in [0.05, 0.1) is 11.0 Å². The van der Waals surface area contributed by atoms with Crippen LogP contribution in [0.15, 0.2) is 79.0 Å². The molecule has 3 heterocycles. The van der Waals surface area contributed by atoms with Crippen molar-refractivity contribution >= 4 is 34.0 Å². The van der Waals surface area contributed by atoms with Gasteiger partial charge < -0.3 is 10.3 Å². The Labute approximate surface area is 211 Å². The van der Waals surface area contributed by atoms with Crippen LogP contribution >= 0.6 is 0 Å². The number of nitriles is 1. The Balaban J connectivity index is 1.68. The third-order valence-electron chi connectivity index (χ3n) is 7.87. The number of nitro benzene ring substituents is 1. The number of carbonyl (C=O) groups excluding carboxylic acids is 2. The van der Waals surface area contributed by atoms with Gasteiger partial charge in [0.15, 0.2) is 16.7 Å². The van der Waals surface area contributed by atoms with E-state index in [9.17, 15) is 25.0 Å². The SMILES string of the molecule is CN1C[C@@H](c2cccc([N+](=O)[O-])c2)[C@](C#N)(C(=O)c2c[nH]c3ccccc23)C12C(=O)Nc1ccccc12. The van der Waals surface area contributed by atoms with Crippen LogP contribution in [0.4, 0.5) is 11.4 Å². The number of benzene rings is 3. The number of hydrogen-bond donors (Lipinski definition) is 2. The van der Waals surface area contributed by atoms with E-state index in [2.05, 4.69) is 16.4 Å². The number of aromatic nitrogens is 1. The Morgan fingerprint density at radius 1 is 1.14 bits per heavy atom. The maximum Gasteiger partial charge on any atom is 0.269 e. The number of Topliss-reactive ketones (excluding diaryl/α,β-unsaturated/α-hetero) is 1. The van der Waals surface area contributed by atoms with Crippen molar-refractivity contribution in [3.05, 3.63) is 106 Å². The molecule has 2 aliphatic heterocycles. The number of para-hydroxylation sites is 2. The standard InChI is InChI=1S/C28H21N5O4/c1-32-15-22(17-7-6-8-18(13-17)33(36)37)27(16-29,25(34)20-14-30-23-11-4-2-9-19(20)23)28(32)21-10-3-5-12-24(21)31-26(28)35/h2-14,22,30H,15H2,1H3,(H,31,35)/t22-,27+,28?/m0/s1. The number of likely N-dealkylation sites (tertiary alicyclic amines) is 1. The molecule has 0 aliphatic carbocycles. The summed E-state index contributed by atoms with van der Waals surface area (Å²) >= 11 is 0. The third-order valence-corrected chi connectivity index (χ3v) is 7.87. The van der Waals surface area contributed by atoms with Crippen molar-refractivity contribution in [1.82, 2.24) is 9.88 Å². The molecule has 1 fully saturated rings. The minimum absolute atomic E-state index is 0.149. The predicted octanol–water partition coefficient (Wildman–Crippen LogP) is 4.35. The van der Waals surface area contributed by atoms with Crippen LogP contribution in [0.25, 0.3) is 10.9 Å². The number of carbonyl (C=O) groups is 2. The average molecular weight is 492 g/mol. The summed E-state index contributed by atoms with van der Waals surface area (Å²) in [6, 6.07) is 22.6. The van der Waals surface area contributed by atoms with E-state index in [1.54, 1.807) is 66.7 Å². The van der Waals surface area contributed by atoms with Gasteiger partial charge in [-0.15, -0.1) is 0 Å². The number of fused-ring (bicyclic) bond motifs is 3. The van der Waals surface area contributed by atoms with E-state index in [1.807, 2.05) is 12.1 Å². The van der Waals surface area contributed by atoms with Gasteiger partial charge in [-0.05, 0) is 24.7 Å². The van der Waals surface area contributed by atoms with Gasteiger partial charge in [-0.1, -0.05) is 48.5 Å². The number of non-ortho nitro benzene ring substituents is 1. The molecule has 6 rings (SSSR count). The monoisotopic (exact) mass is 491 g/mol. The highest BCUT2D eigenvalue weighted by atomic mass is 16.6. The zero-order valence-electron chi connectivity index (χ0n) is 19.8. The van der Waals surface area contributed by atoms with E-state index in [-0.39, 0.29) is 12.2 Å². The fraction of sp³-hybridized carbons (Fsp3) is 0.179. The molecule has 4 aromatic rings. The van der Waals surface area contributed by atoms with Crippen molar-refractivity contribution < 1.29 is 14.5 Å². The Hall–Kier alpha value is -4.81. The number of likely N-dealkylation sites (N-methyl/N-ethyl adjacent to an activating group) is 1. The zero-order valence-corrected chi connectivity index (χ0v) is 19.8. The molecule has 1 spiro atoms. The van der Waals surface area contributed by atoms with Crippen molar-refractivity contribution in [2.75, 3.05) is 18.9 Å². The number of ketones is 1. The summed E-state index contributed by atoms with van der Waals surface area (Å²) in [6.07, 6.45) is 1.57. The van der Waals surface area contributed by atoms with Crippen LogP contribution in [0.1, 0.15) is 27.4 Å². The van der Waals surface area contributed by atoms with Crippen LogP contribution in [0.5, 0.6) is 0 Å². The number of nitrogens with zero attached hydrogens (tertiary/aromatic N) is 3. The van der Waals surface area contributed by atoms with Crippen molar-refractivity contribution in [3.8, 4) is 6.07 Å². The minimum atomic E-state index is -1.93. The zero-order chi connectivity index (χ0) is 25.9. The number of anilines is 1. The van der Waals surface area contributed by atoms with E-state index in [0.29, 0.717) is 27.8 Å². The quantitative estimate of drug-likeness (QED) is 0.248. The summed E-state index contributed by atoms with van der Waals surface area (Å²) in [5, 5.41) is 26.1. The lowest BCUT2D eigenvalue weighted by Gasteiger charge is -2.41. The molecular formula is C28H21N5O4. The smallest absolute Gasteiger partial charge is 0.269 e. The number of amides is 1. The fourth-order valence-electron chi connectivity index (χ4n) is 6.33. The molecule has 1 amide bonds. The van der Waals surface area contributed by atoms with Gasteiger partial charge in [-0.2, -0.15) is 5.26 Å². The van der Waals surface area contributed by atoms with Crippen LogP contribution in [-0.4, -0.2) is 40.1 Å². The van der Waals surface area contributed by atoms with Crippen LogP contribution in [0.3, 0.4) is 0 Å². The summed E-state index contributed by atoms with van der Waals surface area (Å²) in [6.45, 7) is 0.157. The molecule has 37 heavy (non-hydrogen) atoms. The second-order valence-electron chi connectivity index (χ2n) is 9.49. The first-order valence-electron chi connectivity index (χ1n) is 11.7. The Morgan fingerprint density at radius 2 is 1.89 bits per heavy atom. The molecule has 3 atom stereocenters. The van der Waals surface area contributed by atoms with Crippen molar-refractivity contribution in [1.29, 1.82) is 5.26 Å². The highest BCUT2D eigenvalue weighted by molar-refractivity contribution is 6.18.